The van der Waals surface area contributed by atoms with E-state index in [1.165, 1.54) is 11.3 Å². The van der Waals surface area contributed by atoms with Crippen LogP contribution in [-0.2, 0) is 11.2 Å². The molecule has 3 rings (SSSR count). The minimum absolute atomic E-state index is 0.129. The Hall–Kier alpha value is -2.47. The number of pyridine rings is 1. The number of nitrogens with zero attached hydrogens (tertiary/aromatic N) is 2. The molecule has 2 aromatic heterocycles. The van der Waals surface area contributed by atoms with Gasteiger partial charge in [-0.25, -0.2) is 4.98 Å². The molecule has 21 heavy (non-hydrogen) atoms. The van der Waals surface area contributed by atoms with Gasteiger partial charge >= 0.3 is 0 Å². The van der Waals surface area contributed by atoms with Crippen molar-refractivity contribution in [2.24, 2.45) is 0 Å². The molecule has 3 aromatic rings. The fourth-order valence-electron chi connectivity index (χ4n) is 2.11. The highest BCUT2D eigenvalue weighted by Crippen LogP contribution is 2.22. The number of hydrogen-bond donors (Lipinski definition) is 2. The van der Waals surface area contributed by atoms with Crippen molar-refractivity contribution in [2.75, 3.05) is 11.1 Å². The monoisotopic (exact) mass is 298 g/mol. The van der Waals surface area contributed by atoms with Gasteiger partial charge in [0, 0.05) is 16.5 Å². The third kappa shape index (κ3) is 3.00. The van der Waals surface area contributed by atoms with Crippen LogP contribution >= 0.6 is 11.3 Å². The molecule has 0 aliphatic carbocycles. The fourth-order valence-corrected chi connectivity index (χ4v) is 2.67. The maximum atomic E-state index is 12.1. The molecule has 1 amide bonds. The van der Waals surface area contributed by atoms with Gasteiger partial charge in [0.15, 0.2) is 5.13 Å². The molecule has 0 bridgehead atoms. The Kier molecular flexibility index (Phi) is 3.53. The number of thiazole rings is 1. The summed E-state index contributed by atoms with van der Waals surface area (Å²) in [6, 6.07) is 9.66. The van der Waals surface area contributed by atoms with Gasteiger partial charge in [-0.3, -0.25) is 9.78 Å². The number of aromatic nitrogens is 2. The summed E-state index contributed by atoms with van der Waals surface area (Å²) in [4.78, 5) is 20.7. The first kappa shape index (κ1) is 13.5. The third-order valence-corrected chi connectivity index (χ3v) is 3.77. The van der Waals surface area contributed by atoms with E-state index < -0.39 is 0 Å². The number of carbonyl (C=O) groups is 1. The van der Waals surface area contributed by atoms with Crippen LogP contribution in [0, 0.1) is 6.92 Å². The fraction of sp³-hybridized carbons (Fsp3) is 0.133. The number of amides is 1. The van der Waals surface area contributed by atoms with Gasteiger partial charge in [0.2, 0.25) is 5.91 Å². The molecule has 0 atom stereocenters. The molecule has 0 aliphatic rings. The normalized spacial score (nSPS) is 10.7. The van der Waals surface area contributed by atoms with Gasteiger partial charge in [0.1, 0.15) is 0 Å². The molecule has 0 saturated carbocycles. The molecule has 6 heteroatoms. The molecule has 1 aromatic carbocycles. The van der Waals surface area contributed by atoms with Crippen molar-refractivity contribution >= 4 is 39.0 Å². The van der Waals surface area contributed by atoms with E-state index in [0.717, 1.165) is 16.6 Å². The van der Waals surface area contributed by atoms with Gasteiger partial charge in [-0.1, -0.05) is 18.2 Å². The second-order valence-corrected chi connectivity index (χ2v) is 5.62. The zero-order chi connectivity index (χ0) is 14.8. The van der Waals surface area contributed by atoms with E-state index in [-0.39, 0.29) is 12.3 Å². The van der Waals surface area contributed by atoms with Crippen molar-refractivity contribution in [3.8, 4) is 0 Å². The van der Waals surface area contributed by atoms with Gasteiger partial charge in [0.05, 0.1) is 23.3 Å². The Morgan fingerprint density at radius 1 is 1.29 bits per heavy atom. The number of nitrogens with one attached hydrogen (secondary N) is 1. The molecule has 0 spiro atoms. The van der Waals surface area contributed by atoms with Crippen LogP contribution in [-0.4, -0.2) is 15.9 Å². The number of benzene rings is 1. The number of hydrogen-bond acceptors (Lipinski definition) is 5. The van der Waals surface area contributed by atoms with Crippen molar-refractivity contribution in [3.05, 3.63) is 47.1 Å². The van der Waals surface area contributed by atoms with E-state index in [4.69, 9.17) is 5.73 Å². The molecule has 106 valence electrons. The number of rotatable bonds is 3. The number of fused-ring (bicyclic) bond motifs is 1. The van der Waals surface area contributed by atoms with Gasteiger partial charge in [0.25, 0.3) is 0 Å². The summed E-state index contributed by atoms with van der Waals surface area (Å²) in [7, 11) is 0. The van der Waals surface area contributed by atoms with Crippen molar-refractivity contribution in [1.82, 2.24) is 9.97 Å². The van der Waals surface area contributed by atoms with Crippen LogP contribution in [0.4, 0.5) is 10.8 Å². The Morgan fingerprint density at radius 3 is 2.90 bits per heavy atom. The molecule has 0 fully saturated rings. The summed E-state index contributed by atoms with van der Waals surface area (Å²) in [5.41, 5.74) is 8.66. The van der Waals surface area contributed by atoms with E-state index in [0.29, 0.717) is 16.5 Å². The maximum absolute atomic E-state index is 12.1. The summed E-state index contributed by atoms with van der Waals surface area (Å²) in [6.07, 6.45) is 0.204. The Morgan fingerprint density at radius 2 is 2.14 bits per heavy atom. The summed E-state index contributed by atoms with van der Waals surface area (Å²) < 4.78 is 0. The first-order chi connectivity index (χ1) is 10.1. The Labute approximate surface area is 125 Å². The topological polar surface area (TPSA) is 80.9 Å². The zero-order valence-electron chi connectivity index (χ0n) is 11.5. The lowest BCUT2D eigenvalue weighted by molar-refractivity contribution is -0.115. The average Bonchev–Trinajstić information content (AvgIpc) is 2.84. The molecular weight excluding hydrogens is 284 g/mol. The molecule has 0 radical (unpaired) electrons. The van der Waals surface area contributed by atoms with E-state index in [2.05, 4.69) is 15.3 Å². The Balaban J connectivity index is 1.84. The number of nitrogens with two attached hydrogens (primary N) is 1. The van der Waals surface area contributed by atoms with Crippen LogP contribution in [0.25, 0.3) is 10.9 Å². The highest BCUT2D eigenvalue weighted by molar-refractivity contribution is 7.13. The van der Waals surface area contributed by atoms with Crippen molar-refractivity contribution < 1.29 is 4.79 Å². The first-order valence-corrected chi connectivity index (χ1v) is 7.36. The molecular formula is C15H14N4OS. The largest absolute Gasteiger partial charge is 0.375 e. The van der Waals surface area contributed by atoms with Crippen LogP contribution < -0.4 is 11.1 Å². The molecule has 0 saturated heterocycles. The highest BCUT2D eigenvalue weighted by atomic mass is 32.1. The Bertz CT molecular complexity index is 812. The predicted molar refractivity (Wildman–Crippen MR) is 85.3 cm³/mol. The lowest BCUT2D eigenvalue weighted by Crippen LogP contribution is -2.15. The summed E-state index contributed by atoms with van der Waals surface area (Å²) in [5, 5.41) is 6.15. The smallest absolute Gasteiger partial charge is 0.230 e. The predicted octanol–water partition coefficient (Wildman–Crippen LogP) is 2.76. The molecule has 2 heterocycles. The van der Waals surface area contributed by atoms with E-state index in [1.807, 2.05) is 37.3 Å². The van der Waals surface area contributed by atoms with E-state index >= 15 is 0 Å². The number of anilines is 2. The number of carbonyl (C=O) groups excluding carboxylic acids is 1. The zero-order valence-corrected chi connectivity index (χ0v) is 12.3. The highest BCUT2D eigenvalue weighted by Gasteiger charge is 2.09. The minimum Gasteiger partial charge on any atom is -0.375 e. The van der Waals surface area contributed by atoms with Gasteiger partial charge in [-0.15, -0.1) is 11.3 Å². The second-order valence-electron chi connectivity index (χ2n) is 4.73. The van der Waals surface area contributed by atoms with Crippen molar-refractivity contribution in [2.45, 2.75) is 13.3 Å². The summed E-state index contributed by atoms with van der Waals surface area (Å²) in [6.45, 7) is 1.93. The number of nitrogen functional groups attached to an aromatic ring is 1. The summed E-state index contributed by atoms with van der Waals surface area (Å²) in [5.74, 6) is -0.129. The van der Waals surface area contributed by atoms with Crippen molar-refractivity contribution in [3.63, 3.8) is 0 Å². The summed E-state index contributed by atoms with van der Waals surface area (Å²) >= 11 is 1.33. The minimum atomic E-state index is -0.129. The molecule has 3 N–H and O–H groups in total. The molecule has 5 nitrogen and oxygen atoms in total. The van der Waals surface area contributed by atoms with E-state index in [9.17, 15) is 4.79 Å². The lowest BCUT2D eigenvalue weighted by atomic mass is 10.1. The lowest BCUT2D eigenvalue weighted by Gasteiger charge is -2.08. The quantitative estimate of drug-likeness (QED) is 0.779. The standard InChI is InChI=1S/C15H14N4OS/c1-9-5-6-10-3-2-4-12(14(10)17-9)19-13(20)7-11-8-21-15(16)18-11/h2-6,8H,7H2,1H3,(H2,16,18)(H,19,20). The van der Waals surface area contributed by atoms with Crippen LogP contribution in [0.5, 0.6) is 0 Å². The molecule has 0 unspecified atom stereocenters. The maximum Gasteiger partial charge on any atom is 0.230 e. The van der Waals surface area contributed by atoms with Gasteiger partial charge in [-0.05, 0) is 19.1 Å². The van der Waals surface area contributed by atoms with Crippen LogP contribution in [0.3, 0.4) is 0 Å². The van der Waals surface area contributed by atoms with E-state index in [1.54, 1.807) is 5.38 Å². The van der Waals surface area contributed by atoms with Crippen LogP contribution in [0.15, 0.2) is 35.7 Å². The average molecular weight is 298 g/mol. The number of aryl methyl sites for hydroxylation is 1. The third-order valence-electron chi connectivity index (χ3n) is 3.04. The van der Waals surface area contributed by atoms with Gasteiger partial charge in [-0.2, -0.15) is 0 Å². The van der Waals surface area contributed by atoms with Crippen molar-refractivity contribution in [1.29, 1.82) is 0 Å². The van der Waals surface area contributed by atoms with Crippen LogP contribution in [0.1, 0.15) is 11.4 Å². The second kappa shape index (κ2) is 5.49. The number of para-hydroxylation sites is 1. The van der Waals surface area contributed by atoms with Crippen LogP contribution in [0.2, 0.25) is 0 Å². The molecule has 0 aliphatic heterocycles. The SMILES string of the molecule is Cc1ccc2cccc(NC(=O)Cc3csc(N)n3)c2n1. The van der Waals surface area contributed by atoms with Gasteiger partial charge < -0.3 is 11.1 Å². The first-order valence-electron chi connectivity index (χ1n) is 6.48.